The van der Waals surface area contributed by atoms with Crippen molar-refractivity contribution in [2.75, 3.05) is 46.4 Å². The SMILES string of the molecule is CN=C(NCCCC(C)(C)C)N1CCN(C(=O)C2CCCO2)CC1. The molecule has 6 heteroatoms. The van der Waals surface area contributed by atoms with Gasteiger partial charge in [0.15, 0.2) is 5.96 Å². The number of nitrogens with one attached hydrogen (secondary N) is 1. The molecule has 0 saturated carbocycles. The van der Waals surface area contributed by atoms with Crippen LogP contribution in [0.3, 0.4) is 0 Å². The van der Waals surface area contributed by atoms with Crippen LogP contribution in [0.15, 0.2) is 4.99 Å². The predicted octanol–water partition coefficient (Wildman–Crippen LogP) is 1.71. The third-order valence-electron chi connectivity index (χ3n) is 4.69. The highest BCUT2D eigenvalue weighted by Crippen LogP contribution is 2.20. The molecule has 0 bridgehead atoms. The zero-order valence-corrected chi connectivity index (χ0v) is 15.8. The van der Waals surface area contributed by atoms with Crippen molar-refractivity contribution in [1.29, 1.82) is 0 Å². The molecule has 2 aliphatic rings. The molecule has 0 radical (unpaired) electrons. The first-order chi connectivity index (χ1) is 11.4. The Kier molecular flexibility index (Phi) is 6.90. The van der Waals surface area contributed by atoms with Gasteiger partial charge < -0.3 is 19.9 Å². The van der Waals surface area contributed by atoms with Crippen molar-refractivity contribution in [2.45, 2.75) is 52.6 Å². The first-order valence-corrected chi connectivity index (χ1v) is 9.27. The van der Waals surface area contributed by atoms with Crippen molar-refractivity contribution in [3.05, 3.63) is 0 Å². The Labute approximate surface area is 146 Å². The minimum Gasteiger partial charge on any atom is -0.368 e. The number of nitrogens with zero attached hydrogens (tertiary/aromatic N) is 3. The van der Waals surface area contributed by atoms with Gasteiger partial charge in [-0.3, -0.25) is 9.79 Å². The van der Waals surface area contributed by atoms with Crippen molar-refractivity contribution in [3.63, 3.8) is 0 Å². The summed E-state index contributed by atoms with van der Waals surface area (Å²) in [6.07, 6.45) is 4.00. The Morgan fingerprint density at radius 2 is 1.88 bits per heavy atom. The predicted molar refractivity (Wildman–Crippen MR) is 97.2 cm³/mol. The smallest absolute Gasteiger partial charge is 0.251 e. The zero-order valence-electron chi connectivity index (χ0n) is 15.8. The maximum absolute atomic E-state index is 12.4. The number of carbonyl (C=O) groups is 1. The van der Waals surface area contributed by atoms with Crippen molar-refractivity contribution >= 4 is 11.9 Å². The Morgan fingerprint density at radius 1 is 1.21 bits per heavy atom. The Hall–Kier alpha value is -1.30. The van der Waals surface area contributed by atoms with Crippen LogP contribution < -0.4 is 5.32 Å². The van der Waals surface area contributed by atoms with Gasteiger partial charge in [-0.1, -0.05) is 20.8 Å². The molecular weight excluding hydrogens is 304 g/mol. The number of guanidine groups is 1. The van der Waals surface area contributed by atoms with Crippen LogP contribution in [0.5, 0.6) is 0 Å². The number of hydrogen-bond acceptors (Lipinski definition) is 3. The minimum absolute atomic E-state index is 0.167. The molecule has 2 saturated heterocycles. The molecule has 0 aromatic carbocycles. The quantitative estimate of drug-likeness (QED) is 0.482. The van der Waals surface area contributed by atoms with E-state index in [1.807, 2.05) is 11.9 Å². The van der Waals surface area contributed by atoms with Gasteiger partial charge in [0.2, 0.25) is 0 Å². The van der Waals surface area contributed by atoms with Gasteiger partial charge in [-0.25, -0.2) is 0 Å². The fourth-order valence-corrected chi connectivity index (χ4v) is 3.27. The summed E-state index contributed by atoms with van der Waals surface area (Å²) in [6, 6.07) is 0. The summed E-state index contributed by atoms with van der Waals surface area (Å²) < 4.78 is 5.52. The lowest BCUT2D eigenvalue weighted by Gasteiger charge is -2.37. The number of ether oxygens (including phenoxy) is 1. The summed E-state index contributed by atoms with van der Waals surface area (Å²) in [5.41, 5.74) is 0.375. The van der Waals surface area contributed by atoms with E-state index >= 15 is 0 Å². The molecule has 2 rings (SSSR count). The van der Waals surface area contributed by atoms with E-state index in [4.69, 9.17) is 4.74 Å². The van der Waals surface area contributed by atoms with Crippen LogP contribution in [0.2, 0.25) is 0 Å². The van der Waals surface area contributed by atoms with Crippen molar-refractivity contribution in [3.8, 4) is 0 Å². The molecule has 1 atom stereocenters. The van der Waals surface area contributed by atoms with Crippen molar-refractivity contribution < 1.29 is 9.53 Å². The normalized spacial score (nSPS) is 22.8. The molecule has 0 aliphatic carbocycles. The van der Waals surface area contributed by atoms with Crippen molar-refractivity contribution in [1.82, 2.24) is 15.1 Å². The first kappa shape index (κ1) is 19.0. The van der Waals surface area contributed by atoms with Crippen LogP contribution in [-0.2, 0) is 9.53 Å². The summed E-state index contributed by atoms with van der Waals surface area (Å²) >= 11 is 0. The van der Waals surface area contributed by atoms with Gasteiger partial charge in [-0.05, 0) is 31.1 Å². The first-order valence-electron chi connectivity index (χ1n) is 9.27. The molecule has 6 nitrogen and oxygen atoms in total. The van der Waals surface area contributed by atoms with Gasteiger partial charge in [0.1, 0.15) is 6.10 Å². The molecule has 1 N–H and O–H groups in total. The van der Waals surface area contributed by atoms with Gasteiger partial charge in [-0.15, -0.1) is 0 Å². The van der Waals surface area contributed by atoms with Crippen molar-refractivity contribution in [2.24, 2.45) is 10.4 Å². The van der Waals surface area contributed by atoms with Crippen LogP contribution in [0.4, 0.5) is 0 Å². The highest BCUT2D eigenvalue weighted by molar-refractivity contribution is 5.82. The zero-order chi connectivity index (χ0) is 17.6. The lowest BCUT2D eigenvalue weighted by atomic mass is 9.91. The second-order valence-electron chi connectivity index (χ2n) is 7.95. The monoisotopic (exact) mass is 338 g/mol. The Balaban J connectivity index is 1.72. The number of rotatable bonds is 4. The van der Waals surface area contributed by atoms with E-state index in [0.717, 1.165) is 64.6 Å². The summed E-state index contributed by atoms with van der Waals surface area (Å²) in [6.45, 7) is 11.6. The summed E-state index contributed by atoms with van der Waals surface area (Å²) in [5, 5.41) is 3.46. The van der Waals surface area contributed by atoms with E-state index in [0.29, 0.717) is 5.41 Å². The van der Waals surface area contributed by atoms with Gasteiger partial charge >= 0.3 is 0 Å². The van der Waals surface area contributed by atoms with Crippen LogP contribution in [-0.4, -0.2) is 74.1 Å². The van der Waals surface area contributed by atoms with Crippen LogP contribution >= 0.6 is 0 Å². The van der Waals surface area contributed by atoms with E-state index in [9.17, 15) is 4.79 Å². The summed E-state index contributed by atoms with van der Waals surface area (Å²) in [5.74, 6) is 1.12. The van der Waals surface area contributed by atoms with E-state index in [1.165, 1.54) is 6.42 Å². The van der Waals surface area contributed by atoms with Crippen LogP contribution in [0.1, 0.15) is 46.5 Å². The van der Waals surface area contributed by atoms with Gasteiger partial charge in [-0.2, -0.15) is 0 Å². The highest BCUT2D eigenvalue weighted by Gasteiger charge is 2.30. The van der Waals surface area contributed by atoms with Gasteiger partial charge in [0.25, 0.3) is 5.91 Å². The number of aliphatic imine (C=N–C) groups is 1. The van der Waals surface area contributed by atoms with Crippen LogP contribution in [0.25, 0.3) is 0 Å². The molecule has 0 aromatic heterocycles. The maximum atomic E-state index is 12.4. The average Bonchev–Trinajstić information content (AvgIpc) is 3.08. The Bertz CT molecular complexity index is 431. The largest absolute Gasteiger partial charge is 0.368 e. The molecule has 1 amide bonds. The van der Waals surface area contributed by atoms with Crippen LogP contribution in [0, 0.1) is 5.41 Å². The number of carbonyl (C=O) groups excluding carboxylic acids is 1. The lowest BCUT2D eigenvalue weighted by molar-refractivity contribution is -0.142. The van der Waals surface area contributed by atoms with E-state index in [1.54, 1.807) is 0 Å². The van der Waals surface area contributed by atoms with E-state index in [2.05, 4.69) is 36.0 Å². The standard InChI is InChI=1S/C18H34N4O2/c1-18(2,3)8-6-9-20-17(19-4)22-12-10-21(11-13-22)16(23)15-7-5-14-24-15/h15H,5-14H2,1-4H3,(H,19,20). The minimum atomic E-state index is -0.202. The fourth-order valence-electron chi connectivity index (χ4n) is 3.27. The molecular formula is C18H34N4O2. The molecule has 1 unspecified atom stereocenters. The number of amides is 1. The molecule has 2 fully saturated rings. The van der Waals surface area contributed by atoms with Gasteiger partial charge in [0, 0.05) is 46.4 Å². The lowest BCUT2D eigenvalue weighted by Crippen LogP contribution is -2.55. The third-order valence-corrected chi connectivity index (χ3v) is 4.69. The number of piperazine rings is 1. The number of hydrogen-bond donors (Lipinski definition) is 1. The molecule has 2 aliphatic heterocycles. The second-order valence-corrected chi connectivity index (χ2v) is 7.95. The molecule has 2 heterocycles. The van der Waals surface area contributed by atoms with E-state index < -0.39 is 0 Å². The van der Waals surface area contributed by atoms with E-state index in [-0.39, 0.29) is 12.0 Å². The molecule has 0 spiro atoms. The summed E-state index contributed by atoms with van der Waals surface area (Å²) in [7, 11) is 1.83. The fraction of sp³-hybridized carbons (Fsp3) is 0.889. The summed E-state index contributed by atoms with van der Waals surface area (Å²) in [4.78, 5) is 21.0. The molecule has 24 heavy (non-hydrogen) atoms. The second kappa shape index (κ2) is 8.70. The molecule has 138 valence electrons. The third kappa shape index (κ3) is 5.65. The maximum Gasteiger partial charge on any atom is 0.251 e. The average molecular weight is 338 g/mol. The highest BCUT2D eigenvalue weighted by atomic mass is 16.5. The Morgan fingerprint density at radius 3 is 2.42 bits per heavy atom. The topological polar surface area (TPSA) is 57.2 Å². The molecule has 0 aromatic rings. The van der Waals surface area contributed by atoms with Gasteiger partial charge in [0.05, 0.1) is 0 Å².